The number of methoxy groups -OCH3 is 1. The Labute approximate surface area is 143 Å². The molecule has 0 saturated heterocycles. The number of esters is 1. The second-order valence-electron chi connectivity index (χ2n) is 6.43. The van der Waals surface area contributed by atoms with Gasteiger partial charge in [0.2, 0.25) is 0 Å². The molecule has 0 saturated carbocycles. The number of aryl methyl sites for hydroxylation is 1. The fourth-order valence-electron chi connectivity index (χ4n) is 3.38. The van der Waals surface area contributed by atoms with Crippen molar-refractivity contribution in [1.29, 1.82) is 0 Å². The van der Waals surface area contributed by atoms with Crippen molar-refractivity contribution in [2.75, 3.05) is 7.11 Å². The molecular formula is C21H24O3. The van der Waals surface area contributed by atoms with Crippen molar-refractivity contribution in [1.82, 2.24) is 0 Å². The third-order valence-corrected chi connectivity index (χ3v) is 4.72. The van der Waals surface area contributed by atoms with Crippen molar-refractivity contribution in [3.8, 4) is 5.75 Å². The van der Waals surface area contributed by atoms with Crippen LogP contribution in [0.4, 0.5) is 0 Å². The van der Waals surface area contributed by atoms with E-state index in [1.807, 2.05) is 18.2 Å². The largest absolute Gasteiger partial charge is 0.488 e. The van der Waals surface area contributed by atoms with Crippen LogP contribution in [0.15, 0.2) is 42.5 Å². The second kappa shape index (κ2) is 7.52. The van der Waals surface area contributed by atoms with Crippen LogP contribution < -0.4 is 4.74 Å². The van der Waals surface area contributed by atoms with E-state index in [1.165, 1.54) is 24.7 Å². The summed E-state index contributed by atoms with van der Waals surface area (Å²) in [5, 5.41) is 0. The quantitative estimate of drug-likeness (QED) is 0.738. The summed E-state index contributed by atoms with van der Waals surface area (Å²) < 4.78 is 11.1. The average molecular weight is 324 g/mol. The molecule has 3 rings (SSSR count). The lowest BCUT2D eigenvalue weighted by Crippen LogP contribution is -2.09. The van der Waals surface area contributed by atoms with Gasteiger partial charge in [-0.2, -0.15) is 0 Å². The van der Waals surface area contributed by atoms with Gasteiger partial charge in [0, 0.05) is 0 Å². The maximum Gasteiger partial charge on any atom is 0.306 e. The maximum absolute atomic E-state index is 11.7. The molecule has 1 atom stereocenters. The molecule has 0 heterocycles. The Morgan fingerprint density at radius 3 is 2.67 bits per heavy atom. The number of rotatable bonds is 6. The molecule has 2 aromatic rings. The Balaban J connectivity index is 1.87. The predicted octanol–water partition coefficient (Wildman–Crippen LogP) is 4.42. The molecule has 2 aromatic carbocycles. The maximum atomic E-state index is 11.7. The van der Waals surface area contributed by atoms with E-state index in [0.717, 1.165) is 29.7 Å². The standard InChI is InChI=1S/C21H24O3/c1-15(13-20(22)23-2)18-12-11-17-9-6-10-19(17)21(18)24-14-16-7-4-3-5-8-16/h3-5,7-8,11-12,15H,6,9-10,13-14H2,1-2H3. The molecule has 1 aliphatic rings. The lowest BCUT2D eigenvalue weighted by molar-refractivity contribution is -0.140. The van der Waals surface area contributed by atoms with Crippen molar-refractivity contribution in [3.05, 3.63) is 64.7 Å². The summed E-state index contributed by atoms with van der Waals surface area (Å²) in [7, 11) is 1.44. The summed E-state index contributed by atoms with van der Waals surface area (Å²) in [4.78, 5) is 11.7. The second-order valence-corrected chi connectivity index (χ2v) is 6.43. The molecule has 0 aliphatic heterocycles. The van der Waals surface area contributed by atoms with E-state index in [9.17, 15) is 4.79 Å². The molecule has 0 spiro atoms. The third kappa shape index (κ3) is 3.61. The van der Waals surface area contributed by atoms with E-state index in [0.29, 0.717) is 13.0 Å². The number of carbonyl (C=O) groups excluding carboxylic acids is 1. The van der Waals surface area contributed by atoms with Gasteiger partial charge in [-0.1, -0.05) is 49.4 Å². The van der Waals surface area contributed by atoms with Gasteiger partial charge in [-0.3, -0.25) is 4.79 Å². The zero-order valence-corrected chi connectivity index (χ0v) is 14.4. The molecule has 1 aliphatic carbocycles. The minimum absolute atomic E-state index is 0.0779. The van der Waals surface area contributed by atoms with Crippen LogP contribution in [0.1, 0.15) is 47.9 Å². The first-order valence-electron chi connectivity index (χ1n) is 8.57. The molecule has 0 fully saturated rings. The van der Waals surface area contributed by atoms with Crippen molar-refractivity contribution < 1.29 is 14.3 Å². The van der Waals surface area contributed by atoms with Crippen LogP contribution in [0, 0.1) is 0 Å². The first kappa shape index (κ1) is 16.6. The van der Waals surface area contributed by atoms with Crippen LogP contribution in [-0.4, -0.2) is 13.1 Å². The molecule has 0 N–H and O–H groups in total. The summed E-state index contributed by atoms with van der Waals surface area (Å²) in [6.07, 6.45) is 3.71. The lowest BCUT2D eigenvalue weighted by Gasteiger charge is -2.20. The number of carbonyl (C=O) groups is 1. The van der Waals surface area contributed by atoms with Gasteiger partial charge in [-0.25, -0.2) is 0 Å². The Bertz CT molecular complexity index is 707. The Morgan fingerprint density at radius 2 is 1.92 bits per heavy atom. The van der Waals surface area contributed by atoms with Gasteiger partial charge in [-0.15, -0.1) is 0 Å². The van der Waals surface area contributed by atoms with Gasteiger partial charge in [0.15, 0.2) is 0 Å². The third-order valence-electron chi connectivity index (χ3n) is 4.72. The van der Waals surface area contributed by atoms with E-state index in [-0.39, 0.29) is 11.9 Å². The molecule has 3 heteroatoms. The highest BCUT2D eigenvalue weighted by molar-refractivity contribution is 5.70. The van der Waals surface area contributed by atoms with E-state index >= 15 is 0 Å². The summed E-state index contributed by atoms with van der Waals surface area (Å²) in [5.74, 6) is 0.872. The first-order valence-corrected chi connectivity index (χ1v) is 8.57. The first-order chi connectivity index (χ1) is 11.7. The lowest BCUT2D eigenvalue weighted by atomic mass is 9.93. The summed E-state index contributed by atoms with van der Waals surface area (Å²) in [6, 6.07) is 14.5. The monoisotopic (exact) mass is 324 g/mol. The molecule has 0 amide bonds. The SMILES string of the molecule is COC(=O)CC(C)c1ccc2c(c1OCc1ccccc1)CCC2. The van der Waals surface area contributed by atoms with E-state index in [2.05, 4.69) is 31.2 Å². The highest BCUT2D eigenvalue weighted by atomic mass is 16.5. The van der Waals surface area contributed by atoms with E-state index in [4.69, 9.17) is 9.47 Å². The fourth-order valence-corrected chi connectivity index (χ4v) is 3.38. The number of benzene rings is 2. The molecule has 0 radical (unpaired) electrons. The number of fused-ring (bicyclic) bond motifs is 1. The van der Waals surface area contributed by atoms with Gasteiger partial charge in [0.1, 0.15) is 12.4 Å². The minimum atomic E-state index is -0.183. The smallest absolute Gasteiger partial charge is 0.306 e. The zero-order valence-electron chi connectivity index (χ0n) is 14.4. The number of hydrogen-bond acceptors (Lipinski definition) is 3. The van der Waals surface area contributed by atoms with Crippen LogP contribution in [0.25, 0.3) is 0 Å². The zero-order chi connectivity index (χ0) is 16.9. The topological polar surface area (TPSA) is 35.5 Å². The van der Waals surface area contributed by atoms with Gasteiger partial charge in [-0.05, 0) is 47.4 Å². The predicted molar refractivity (Wildman–Crippen MR) is 94.3 cm³/mol. The van der Waals surface area contributed by atoms with Crippen molar-refractivity contribution in [3.63, 3.8) is 0 Å². The van der Waals surface area contributed by atoms with Crippen LogP contribution in [0.3, 0.4) is 0 Å². The summed E-state index contributed by atoms with van der Waals surface area (Å²) in [5.41, 5.74) is 4.96. The van der Waals surface area contributed by atoms with Gasteiger partial charge >= 0.3 is 5.97 Å². The molecule has 3 nitrogen and oxygen atoms in total. The van der Waals surface area contributed by atoms with Crippen LogP contribution >= 0.6 is 0 Å². The molecule has 0 bridgehead atoms. The minimum Gasteiger partial charge on any atom is -0.488 e. The van der Waals surface area contributed by atoms with Gasteiger partial charge < -0.3 is 9.47 Å². The normalized spacial score (nSPS) is 14.1. The highest BCUT2D eigenvalue weighted by Crippen LogP contribution is 2.38. The van der Waals surface area contributed by atoms with Gasteiger partial charge in [0.25, 0.3) is 0 Å². The van der Waals surface area contributed by atoms with Crippen LogP contribution in [-0.2, 0) is 29.0 Å². The molecule has 126 valence electrons. The van der Waals surface area contributed by atoms with Gasteiger partial charge in [0.05, 0.1) is 13.5 Å². The molecule has 24 heavy (non-hydrogen) atoms. The van der Waals surface area contributed by atoms with Crippen molar-refractivity contribution in [2.24, 2.45) is 0 Å². The van der Waals surface area contributed by atoms with Crippen LogP contribution in [0.5, 0.6) is 5.75 Å². The summed E-state index contributed by atoms with van der Waals surface area (Å²) >= 11 is 0. The molecule has 0 aromatic heterocycles. The van der Waals surface area contributed by atoms with Crippen molar-refractivity contribution >= 4 is 5.97 Å². The van der Waals surface area contributed by atoms with E-state index in [1.54, 1.807) is 0 Å². The number of ether oxygens (including phenoxy) is 2. The molecular weight excluding hydrogens is 300 g/mol. The van der Waals surface area contributed by atoms with Crippen LogP contribution in [0.2, 0.25) is 0 Å². The highest BCUT2D eigenvalue weighted by Gasteiger charge is 2.23. The Kier molecular flexibility index (Phi) is 5.19. The van der Waals surface area contributed by atoms with E-state index < -0.39 is 0 Å². The van der Waals surface area contributed by atoms with Crippen molar-refractivity contribution in [2.45, 2.75) is 45.1 Å². The Morgan fingerprint density at radius 1 is 1.12 bits per heavy atom. The average Bonchev–Trinajstić information content (AvgIpc) is 3.09. The summed E-state index contributed by atoms with van der Waals surface area (Å²) in [6.45, 7) is 2.61. The fraction of sp³-hybridized carbons (Fsp3) is 0.381. The molecule has 1 unspecified atom stereocenters. The number of hydrogen-bond donors (Lipinski definition) is 0. The Hall–Kier alpha value is -2.29.